The monoisotopic (exact) mass is 398 g/mol. The van der Waals surface area contributed by atoms with Crippen molar-refractivity contribution >= 4 is 29.5 Å². The van der Waals surface area contributed by atoms with Gasteiger partial charge in [-0.2, -0.15) is 5.10 Å². The molecular formula is C19H22N6O4. The Balaban J connectivity index is 1.41. The summed E-state index contributed by atoms with van der Waals surface area (Å²) in [6, 6.07) is 3.38. The molecule has 2 aliphatic rings. The fourth-order valence-corrected chi connectivity index (χ4v) is 3.69. The van der Waals surface area contributed by atoms with Crippen LogP contribution in [0.5, 0.6) is 0 Å². The number of nitrogens with zero attached hydrogens (tertiary/aromatic N) is 2. The Hall–Kier alpha value is -3.43. The van der Waals surface area contributed by atoms with Gasteiger partial charge in [-0.25, -0.2) is 9.78 Å². The second-order valence-corrected chi connectivity index (χ2v) is 7.54. The first kappa shape index (κ1) is 18.9. The van der Waals surface area contributed by atoms with E-state index in [1.807, 2.05) is 19.9 Å². The molecule has 0 spiro atoms. The van der Waals surface area contributed by atoms with E-state index in [0.29, 0.717) is 17.8 Å². The van der Waals surface area contributed by atoms with E-state index in [2.05, 4.69) is 31.1 Å². The van der Waals surface area contributed by atoms with Crippen LogP contribution >= 0.6 is 0 Å². The molecule has 1 fully saturated rings. The van der Waals surface area contributed by atoms with Gasteiger partial charge in [0.15, 0.2) is 5.82 Å². The Morgan fingerprint density at radius 1 is 1.28 bits per heavy atom. The number of fused-ring (bicyclic) bond motifs is 1. The number of H-pyrrole nitrogens is 1. The number of carbonyl (C=O) groups is 3. The number of imide groups is 1. The summed E-state index contributed by atoms with van der Waals surface area (Å²) in [5.74, 6) is 0.0505. The molecule has 2 atom stereocenters. The lowest BCUT2D eigenvalue weighted by atomic mass is 10.0. The summed E-state index contributed by atoms with van der Waals surface area (Å²) >= 11 is 0. The van der Waals surface area contributed by atoms with Crippen LogP contribution in [0.2, 0.25) is 0 Å². The lowest BCUT2D eigenvalue weighted by Crippen LogP contribution is -2.33. The fraction of sp³-hybridized carbons (Fsp3) is 0.421. The molecule has 152 valence electrons. The third-order valence-electron chi connectivity index (χ3n) is 5.00. The first-order valence-electron chi connectivity index (χ1n) is 9.55. The average Bonchev–Trinajstić information content (AvgIpc) is 3.35. The number of aromatic amines is 1. The van der Waals surface area contributed by atoms with Crippen LogP contribution in [-0.2, 0) is 4.74 Å². The fourth-order valence-electron chi connectivity index (χ4n) is 3.69. The number of anilines is 2. The van der Waals surface area contributed by atoms with E-state index in [-0.39, 0.29) is 29.4 Å². The molecule has 1 aliphatic carbocycles. The molecule has 1 saturated carbocycles. The maximum atomic E-state index is 12.0. The van der Waals surface area contributed by atoms with Crippen molar-refractivity contribution in [3.8, 4) is 0 Å². The molecule has 10 nitrogen and oxygen atoms in total. The molecule has 10 heteroatoms. The van der Waals surface area contributed by atoms with Crippen molar-refractivity contribution in [2.24, 2.45) is 0 Å². The predicted molar refractivity (Wildman–Crippen MR) is 103 cm³/mol. The number of alkyl carbamates (subject to hydrolysis) is 1. The number of pyridine rings is 1. The van der Waals surface area contributed by atoms with Crippen LogP contribution in [0.4, 0.5) is 16.4 Å². The Morgan fingerprint density at radius 3 is 2.90 bits per heavy atom. The van der Waals surface area contributed by atoms with E-state index < -0.39 is 17.9 Å². The summed E-state index contributed by atoms with van der Waals surface area (Å²) in [7, 11) is 0. The summed E-state index contributed by atoms with van der Waals surface area (Å²) in [5.41, 5.74) is 1.42. The number of amides is 3. The highest BCUT2D eigenvalue weighted by Crippen LogP contribution is 2.36. The Labute approximate surface area is 166 Å². The van der Waals surface area contributed by atoms with Crippen molar-refractivity contribution in [2.75, 3.05) is 5.32 Å². The Kier molecular flexibility index (Phi) is 4.91. The minimum atomic E-state index is -0.480. The molecule has 0 saturated heterocycles. The first-order valence-corrected chi connectivity index (χ1v) is 9.55. The van der Waals surface area contributed by atoms with Gasteiger partial charge in [0, 0.05) is 29.9 Å². The van der Waals surface area contributed by atoms with Gasteiger partial charge in [0.2, 0.25) is 0 Å². The van der Waals surface area contributed by atoms with E-state index in [9.17, 15) is 14.4 Å². The van der Waals surface area contributed by atoms with Crippen molar-refractivity contribution in [2.45, 2.75) is 51.2 Å². The average molecular weight is 398 g/mol. The number of hydrogen-bond donors (Lipinski definition) is 4. The summed E-state index contributed by atoms with van der Waals surface area (Å²) in [4.78, 5) is 39.7. The third-order valence-corrected chi connectivity index (χ3v) is 5.00. The normalized spacial score (nSPS) is 20.5. The molecule has 3 heterocycles. The second-order valence-electron chi connectivity index (χ2n) is 7.54. The predicted octanol–water partition coefficient (Wildman–Crippen LogP) is 2.20. The highest BCUT2D eigenvalue weighted by atomic mass is 16.6. The van der Waals surface area contributed by atoms with Crippen molar-refractivity contribution < 1.29 is 19.1 Å². The first-order chi connectivity index (χ1) is 13.9. The van der Waals surface area contributed by atoms with Crippen molar-refractivity contribution in [3.05, 3.63) is 35.2 Å². The van der Waals surface area contributed by atoms with Crippen LogP contribution < -0.4 is 16.0 Å². The van der Waals surface area contributed by atoms with Crippen LogP contribution in [0.15, 0.2) is 18.3 Å². The number of rotatable bonds is 5. The number of ether oxygens (including phenoxy) is 1. The number of carbonyl (C=O) groups excluding carboxylic acids is 3. The molecule has 0 bridgehead atoms. The molecule has 1 aliphatic heterocycles. The largest absolute Gasteiger partial charge is 0.446 e. The zero-order valence-corrected chi connectivity index (χ0v) is 16.1. The summed E-state index contributed by atoms with van der Waals surface area (Å²) in [6.45, 7) is 3.77. The van der Waals surface area contributed by atoms with E-state index in [4.69, 9.17) is 4.74 Å². The van der Waals surface area contributed by atoms with Crippen molar-refractivity contribution in [1.29, 1.82) is 0 Å². The minimum Gasteiger partial charge on any atom is -0.446 e. The van der Waals surface area contributed by atoms with Crippen LogP contribution in [0.25, 0.3) is 0 Å². The number of aromatic nitrogens is 3. The maximum absolute atomic E-state index is 12.0. The molecule has 2 aromatic heterocycles. The molecule has 0 unspecified atom stereocenters. The molecule has 3 amide bonds. The van der Waals surface area contributed by atoms with Gasteiger partial charge in [-0.3, -0.25) is 20.0 Å². The van der Waals surface area contributed by atoms with E-state index >= 15 is 0 Å². The van der Waals surface area contributed by atoms with Crippen molar-refractivity contribution in [1.82, 2.24) is 25.8 Å². The molecule has 29 heavy (non-hydrogen) atoms. The highest BCUT2D eigenvalue weighted by Gasteiger charge is 2.32. The second kappa shape index (κ2) is 7.53. The standard InChI is InChI=1S/C19H22N6O4/c1-9(2)21-19(28)29-11-4-3-10(7-11)13-8-14(25-24-13)22-16-15-12(5-6-20-16)17(26)23-18(15)27/h5-6,8-11H,3-4,7H2,1-2H3,(H,21,28)(H,23,26,27)(H2,20,22,24,25)/t10-,11+/m0/s1. The highest BCUT2D eigenvalue weighted by molar-refractivity contribution is 6.23. The Bertz CT molecular complexity index is 969. The quantitative estimate of drug-likeness (QED) is 0.566. The lowest BCUT2D eigenvalue weighted by Gasteiger charge is -2.14. The zero-order valence-electron chi connectivity index (χ0n) is 16.1. The van der Waals surface area contributed by atoms with Crippen LogP contribution in [0, 0.1) is 0 Å². The van der Waals surface area contributed by atoms with Gasteiger partial charge in [-0.1, -0.05) is 0 Å². The number of hydrogen-bond acceptors (Lipinski definition) is 7. The van der Waals surface area contributed by atoms with Gasteiger partial charge in [0.1, 0.15) is 11.9 Å². The maximum Gasteiger partial charge on any atom is 0.407 e. The molecule has 4 N–H and O–H groups in total. The Morgan fingerprint density at radius 2 is 2.10 bits per heavy atom. The molecule has 0 radical (unpaired) electrons. The lowest BCUT2D eigenvalue weighted by molar-refractivity contribution is 0.0878. The summed E-state index contributed by atoms with van der Waals surface area (Å²) in [6.07, 6.45) is 3.31. The molecular weight excluding hydrogens is 376 g/mol. The molecule has 4 rings (SSSR count). The van der Waals surface area contributed by atoms with Gasteiger partial charge in [0.05, 0.1) is 11.1 Å². The van der Waals surface area contributed by atoms with E-state index in [0.717, 1.165) is 18.5 Å². The van der Waals surface area contributed by atoms with Gasteiger partial charge in [-0.05, 0) is 39.2 Å². The van der Waals surface area contributed by atoms with Crippen LogP contribution in [-0.4, -0.2) is 45.2 Å². The van der Waals surface area contributed by atoms with Crippen molar-refractivity contribution in [3.63, 3.8) is 0 Å². The van der Waals surface area contributed by atoms with Crippen LogP contribution in [0.3, 0.4) is 0 Å². The summed E-state index contributed by atoms with van der Waals surface area (Å²) < 4.78 is 5.46. The molecule has 2 aromatic rings. The van der Waals surface area contributed by atoms with Crippen LogP contribution in [0.1, 0.15) is 65.4 Å². The molecule has 0 aromatic carbocycles. The minimum absolute atomic E-state index is 0.0337. The zero-order chi connectivity index (χ0) is 20.5. The summed E-state index contributed by atoms with van der Waals surface area (Å²) in [5, 5.41) is 15.2. The van der Waals surface area contributed by atoms with Gasteiger partial charge < -0.3 is 15.4 Å². The SMILES string of the molecule is CC(C)NC(=O)O[C@@H]1CC[C@H](c2cc(Nc3nccc4c3C(=O)NC4=O)n[nH]2)C1. The smallest absolute Gasteiger partial charge is 0.407 e. The topological polar surface area (TPSA) is 138 Å². The third kappa shape index (κ3) is 3.91. The van der Waals surface area contributed by atoms with E-state index in [1.54, 1.807) is 0 Å². The van der Waals surface area contributed by atoms with Gasteiger partial charge >= 0.3 is 6.09 Å². The van der Waals surface area contributed by atoms with Gasteiger partial charge in [-0.15, -0.1) is 0 Å². The van der Waals surface area contributed by atoms with E-state index in [1.165, 1.54) is 12.3 Å². The van der Waals surface area contributed by atoms with Gasteiger partial charge in [0.25, 0.3) is 11.8 Å². The number of nitrogens with one attached hydrogen (secondary N) is 4.